The highest BCUT2D eigenvalue weighted by Gasteiger charge is 2.31. The van der Waals surface area contributed by atoms with E-state index in [2.05, 4.69) is 0 Å². The molecule has 0 aromatic carbocycles. The highest BCUT2D eigenvalue weighted by molar-refractivity contribution is 5.95. The van der Waals surface area contributed by atoms with Crippen LogP contribution in [0.5, 0.6) is 0 Å². The molecule has 0 bridgehead atoms. The van der Waals surface area contributed by atoms with Crippen molar-refractivity contribution in [1.29, 1.82) is 0 Å². The normalized spacial score (nSPS) is 25.2. The number of amides is 1. The summed E-state index contributed by atoms with van der Waals surface area (Å²) in [5, 5.41) is 8.88. The summed E-state index contributed by atoms with van der Waals surface area (Å²) in [5.41, 5.74) is 2.02. The predicted molar refractivity (Wildman–Crippen MR) is 60.5 cm³/mol. The number of hydrogen-bond acceptors (Lipinski definition) is 3. The van der Waals surface area contributed by atoms with Gasteiger partial charge >= 0.3 is 5.97 Å². The van der Waals surface area contributed by atoms with Crippen molar-refractivity contribution in [1.82, 2.24) is 4.90 Å². The van der Waals surface area contributed by atoms with Crippen LogP contribution in [0.15, 0.2) is 11.1 Å². The lowest BCUT2D eigenvalue weighted by Crippen LogP contribution is -2.48. The second-order valence-electron chi connectivity index (χ2n) is 4.56. The molecule has 17 heavy (non-hydrogen) atoms. The molecule has 5 nitrogen and oxygen atoms in total. The Bertz CT molecular complexity index is 375. The van der Waals surface area contributed by atoms with Crippen LogP contribution >= 0.6 is 0 Å². The molecule has 0 aromatic heterocycles. The summed E-state index contributed by atoms with van der Waals surface area (Å²) >= 11 is 0. The van der Waals surface area contributed by atoms with E-state index in [4.69, 9.17) is 9.84 Å². The van der Waals surface area contributed by atoms with E-state index >= 15 is 0 Å². The van der Waals surface area contributed by atoms with E-state index in [1.807, 2.05) is 6.92 Å². The van der Waals surface area contributed by atoms with Crippen molar-refractivity contribution in [2.24, 2.45) is 0 Å². The second-order valence-corrected chi connectivity index (χ2v) is 4.56. The van der Waals surface area contributed by atoms with E-state index in [1.54, 1.807) is 4.90 Å². The minimum Gasteiger partial charge on any atom is -0.479 e. The number of morpholine rings is 1. The van der Waals surface area contributed by atoms with Crippen LogP contribution in [-0.4, -0.2) is 47.7 Å². The first-order valence-electron chi connectivity index (χ1n) is 5.92. The highest BCUT2D eigenvalue weighted by atomic mass is 16.5. The average molecular weight is 239 g/mol. The minimum absolute atomic E-state index is 0.00505. The number of rotatable bonds is 2. The Morgan fingerprint density at radius 1 is 1.41 bits per heavy atom. The first kappa shape index (κ1) is 12.1. The SMILES string of the molecule is CC1=C(C(=O)N2CCOC(C(=O)O)C2)CCC1. The Morgan fingerprint density at radius 3 is 2.76 bits per heavy atom. The van der Waals surface area contributed by atoms with Gasteiger partial charge in [0.1, 0.15) is 0 Å². The Morgan fingerprint density at radius 2 is 2.18 bits per heavy atom. The van der Waals surface area contributed by atoms with Crippen LogP contribution in [0.4, 0.5) is 0 Å². The molecule has 1 atom stereocenters. The van der Waals surface area contributed by atoms with Gasteiger partial charge in [-0.2, -0.15) is 0 Å². The Hall–Kier alpha value is -1.36. The third-order valence-electron chi connectivity index (χ3n) is 3.38. The van der Waals surface area contributed by atoms with Gasteiger partial charge in [0.2, 0.25) is 5.91 Å². The van der Waals surface area contributed by atoms with Crippen LogP contribution in [0, 0.1) is 0 Å². The van der Waals surface area contributed by atoms with E-state index in [0.717, 1.165) is 30.4 Å². The molecule has 1 fully saturated rings. The van der Waals surface area contributed by atoms with Crippen molar-refractivity contribution < 1.29 is 19.4 Å². The van der Waals surface area contributed by atoms with Gasteiger partial charge in [0, 0.05) is 12.1 Å². The number of carboxylic acid groups (broad SMARTS) is 1. The molecule has 0 saturated carbocycles. The molecule has 1 aliphatic heterocycles. The predicted octanol–water partition coefficient (Wildman–Crippen LogP) is 0.799. The van der Waals surface area contributed by atoms with E-state index in [1.165, 1.54) is 0 Å². The third-order valence-corrected chi connectivity index (χ3v) is 3.38. The lowest BCUT2D eigenvalue weighted by atomic mass is 10.1. The summed E-state index contributed by atoms with van der Waals surface area (Å²) in [5.74, 6) is -1.01. The maximum atomic E-state index is 12.2. The number of allylic oxidation sites excluding steroid dienone is 1. The summed E-state index contributed by atoms with van der Waals surface area (Å²) < 4.78 is 5.10. The largest absolute Gasteiger partial charge is 0.479 e. The standard InChI is InChI=1S/C12H17NO4/c1-8-3-2-4-9(8)11(14)13-5-6-17-10(7-13)12(15)16/h10H,2-7H2,1H3,(H,15,16). The molecule has 5 heteroatoms. The number of carbonyl (C=O) groups excluding carboxylic acids is 1. The fraction of sp³-hybridized carbons (Fsp3) is 0.667. The first-order chi connectivity index (χ1) is 8.09. The molecule has 1 unspecified atom stereocenters. The van der Waals surface area contributed by atoms with Crippen molar-refractivity contribution in [3.63, 3.8) is 0 Å². The van der Waals surface area contributed by atoms with Gasteiger partial charge in [-0.1, -0.05) is 5.57 Å². The van der Waals surface area contributed by atoms with Crippen LogP contribution in [0.3, 0.4) is 0 Å². The molecule has 2 rings (SSSR count). The number of carbonyl (C=O) groups is 2. The van der Waals surface area contributed by atoms with E-state index in [9.17, 15) is 9.59 Å². The zero-order valence-electron chi connectivity index (χ0n) is 9.94. The van der Waals surface area contributed by atoms with Gasteiger partial charge in [0.05, 0.1) is 13.2 Å². The molecule has 1 heterocycles. The average Bonchev–Trinajstić information content (AvgIpc) is 2.74. The van der Waals surface area contributed by atoms with Crippen LogP contribution in [-0.2, 0) is 14.3 Å². The summed E-state index contributed by atoms with van der Waals surface area (Å²) in [7, 11) is 0. The maximum absolute atomic E-state index is 12.2. The fourth-order valence-electron chi connectivity index (χ4n) is 2.36. The molecule has 94 valence electrons. The van der Waals surface area contributed by atoms with E-state index in [-0.39, 0.29) is 12.5 Å². The zero-order valence-corrected chi connectivity index (χ0v) is 9.94. The van der Waals surface area contributed by atoms with Crippen molar-refractivity contribution in [3.8, 4) is 0 Å². The molecular weight excluding hydrogens is 222 g/mol. The van der Waals surface area contributed by atoms with Crippen LogP contribution in [0.2, 0.25) is 0 Å². The Balaban J connectivity index is 2.05. The zero-order chi connectivity index (χ0) is 12.4. The Kier molecular flexibility index (Phi) is 3.47. The number of aliphatic carboxylic acids is 1. The molecule has 1 aliphatic carbocycles. The molecule has 0 spiro atoms. The van der Waals surface area contributed by atoms with Gasteiger partial charge in [-0.25, -0.2) is 4.79 Å². The Labute approximate surface area is 100 Å². The molecule has 0 aromatic rings. The summed E-state index contributed by atoms with van der Waals surface area (Å²) in [6.45, 7) is 2.93. The molecule has 1 N–H and O–H groups in total. The maximum Gasteiger partial charge on any atom is 0.334 e. The van der Waals surface area contributed by atoms with Crippen molar-refractivity contribution in [2.45, 2.75) is 32.3 Å². The number of nitrogens with zero attached hydrogens (tertiary/aromatic N) is 1. The van der Waals surface area contributed by atoms with Gasteiger partial charge in [-0.05, 0) is 26.2 Å². The van der Waals surface area contributed by atoms with Crippen LogP contribution < -0.4 is 0 Å². The van der Waals surface area contributed by atoms with Gasteiger partial charge in [-0.3, -0.25) is 4.79 Å². The monoisotopic (exact) mass is 239 g/mol. The topological polar surface area (TPSA) is 66.8 Å². The molecule has 2 aliphatic rings. The van der Waals surface area contributed by atoms with Gasteiger partial charge in [0.25, 0.3) is 0 Å². The fourth-order valence-corrected chi connectivity index (χ4v) is 2.36. The van der Waals surface area contributed by atoms with Crippen molar-refractivity contribution in [3.05, 3.63) is 11.1 Å². The van der Waals surface area contributed by atoms with Crippen LogP contribution in [0.1, 0.15) is 26.2 Å². The van der Waals surface area contributed by atoms with E-state index in [0.29, 0.717) is 13.2 Å². The molecular formula is C12H17NO4. The smallest absolute Gasteiger partial charge is 0.334 e. The molecule has 1 saturated heterocycles. The lowest BCUT2D eigenvalue weighted by Gasteiger charge is -2.31. The van der Waals surface area contributed by atoms with Gasteiger partial charge in [0.15, 0.2) is 6.10 Å². The quantitative estimate of drug-likeness (QED) is 0.774. The first-order valence-corrected chi connectivity index (χ1v) is 5.92. The lowest BCUT2D eigenvalue weighted by molar-refractivity contribution is -0.158. The number of hydrogen-bond donors (Lipinski definition) is 1. The van der Waals surface area contributed by atoms with E-state index < -0.39 is 12.1 Å². The van der Waals surface area contributed by atoms with Crippen LogP contribution in [0.25, 0.3) is 0 Å². The third kappa shape index (κ3) is 2.49. The minimum atomic E-state index is -1.00. The number of carboxylic acids is 1. The van der Waals surface area contributed by atoms with Gasteiger partial charge in [-0.15, -0.1) is 0 Å². The summed E-state index contributed by atoms with van der Waals surface area (Å²) in [6.07, 6.45) is 1.95. The highest BCUT2D eigenvalue weighted by Crippen LogP contribution is 2.27. The second kappa shape index (κ2) is 4.87. The summed E-state index contributed by atoms with van der Waals surface area (Å²) in [6, 6.07) is 0. The molecule has 1 amide bonds. The summed E-state index contributed by atoms with van der Waals surface area (Å²) in [4.78, 5) is 24.6. The van der Waals surface area contributed by atoms with Crippen molar-refractivity contribution in [2.75, 3.05) is 19.7 Å². The van der Waals surface area contributed by atoms with Crippen molar-refractivity contribution >= 4 is 11.9 Å². The molecule has 0 radical (unpaired) electrons. The van der Waals surface area contributed by atoms with Gasteiger partial charge < -0.3 is 14.7 Å². The number of ether oxygens (including phenoxy) is 1.